The van der Waals surface area contributed by atoms with E-state index in [0.717, 1.165) is 6.26 Å². The van der Waals surface area contributed by atoms with E-state index in [1.807, 2.05) is 0 Å². The van der Waals surface area contributed by atoms with Gasteiger partial charge in [-0.3, -0.25) is 14.7 Å². The number of alkyl halides is 2. The number of anilines is 1. The van der Waals surface area contributed by atoms with E-state index in [2.05, 4.69) is 10.3 Å². The van der Waals surface area contributed by atoms with Crippen LogP contribution in [0.15, 0.2) is 24.5 Å². The van der Waals surface area contributed by atoms with Crippen molar-refractivity contribution < 1.29 is 22.0 Å². The molecule has 132 valence electrons. The minimum atomic E-state index is -3.33. The standard InChI is InChI=1S/C14H18F2N4O3S/c1-24(22,23)19-7-11(8-19)20-9-14(15,16)6-12(20)13(21)18-10-2-4-17-5-3-10/h2-5,11-12H,6-9H2,1H3,(H,17,18,21)/t12-/m0/s1. The van der Waals surface area contributed by atoms with Crippen molar-refractivity contribution in [1.82, 2.24) is 14.2 Å². The van der Waals surface area contributed by atoms with Crippen LogP contribution in [0.1, 0.15) is 6.42 Å². The SMILES string of the molecule is CS(=O)(=O)N1CC(N2CC(F)(F)C[C@H]2C(=O)Nc2ccncc2)C1. The molecule has 0 unspecified atom stereocenters. The summed E-state index contributed by atoms with van der Waals surface area (Å²) in [6.07, 6.45) is 3.49. The highest BCUT2D eigenvalue weighted by atomic mass is 32.2. The number of rotatable bonds is 4. The molecule has 7 nitrogen and oxygen atoms in total. The van der Waals surface area contributed by atoms with Crippen LogP contribution in [-0.2, 0) is 14.8 Å². The van der Waals surface area contributed by atoms with Crippen molar-refractivity contribution in [2.45, 2.75) is 24.4 Å². The molecule has 2 aliphatic rings. The van der Waals surface area contributed by atoms with Crippen LogP contribution in [0, 0.1) is 0 Å². The van der Waals surface area contributed by atoms with Crippen molar-refractivity contribution in [2.24, 2.45) is 0 Å². The summed E-state index contributed by atoms with van der Waals surface area (Å²) in [5.41, 5.74) is 0.483. The molecule has 1 aromatic heterocycles. The lowest BCUT2D eigenvalue weighted by Gasteiger charge is -2.44. The molecule has 0 bridgehead atoms. The van der Waals surface area contributed by atoms with Gasteiger partial charge in [-0.05, 0) is 12.1 Å². The minimum absolute atomic E-state index is 0.133. The monoisotopic (exact) mass is 360 g/mol. The molecule has 2 aliphatic heterocycles. The number of aromatic nitrogens is 1. The first-order chi connectivity index (χ1) is 11.2. The third-order valence-corrected chi connectivity index (χ3v) is 5.56. The summed E-state index contributed by atoms with van der Waals surface area (Å²) < 4.78 is 51.7. The van der Waals surface area contributed by atoms with Crippen LogP contribution in [-0.4, -0.2) is 72.4 Å². The number of likely N-dealkylation sites (tertiary alicyclic amines) is 1. The topological polar surface area (TPSA) is 82.6 Å². The van der Waals surface area contributed by atoms with Gasteiger partial charge in [-0.2, -0.15) is 4.31 Å². The number of halogens is 2. The van der Waals surface area contributed by atoms with E-state index >= 15 is 0 Å². The highest BCUT2D eigenvalue weighted by Gasteiger charge is 2.53. The van der Waals surface area contributed by atoms with E-state index in [0.29, 0.717) is 5.69 Å². The van der Waals surface area contributed by atoms with Crippen molar-refractivity contribution in [2.75, 3.05) is 31.2 Å². The lowest BCUT2D eigenvalue weighted by atomic mass is 10.1. The second-order valence-corrected chi connectivity index (χ2v) is 8.19. The maximum Gasteiger partial charge on any atom is 0.262 e. The van der Waals surface area contributed by atoms with Crippen molar-refractivity contribution >= 4 is 21.6 Å². The van der Waals surface area contributed by atoms with Crippen LogP contribution in [0.25, 0.3) is 0 Å². The van der Waals surface area contributed by atoms with Crippen molar-refractivity contribution in [3.05, 3.63) is 24.5 Å². The normalized spacial score (nSPS) is 25.4. The van der Waals surface area contributed by atoms with E-state index in [4.69, 9.17) is 0 Å². The molecule has 1 amide bonds. The van der Waals surface area contributed by atoms with Gasteiger partial charge < -0.3 is 5.32 Å². The fraction of sp³-hybridized carbons (Fsp3) is 0.571. The predicted molar refractivity (Wildman–Crippen MR) is 83.1 cm³/mol. The minimum Gasteiger partial charge on any atom is -0.325 e. The number of carbonyl (C=O) groups is 1. The Bertz CT molecular complexity index is 723. The number of carbonyl (C=O) groups excluding carboxylic acids is 1. The van der Waals surface area contributed by atoms with E-state index in [-0.39, 0.29) is 19.1 Å². The molecular formula is C14H18F2N4O3S. The third-order valence-electron chi connectivity index (χ3n) is 4.32. The molecule has 24 heavy (non-hydrogen) atoms. The molecule has 3 rings (SSSR count). The maximum atomic E-state index is 13.8. The third kappa shape index (κ3) is 3.55. The maximum absolute atomic E-state index is 13.8. The molecule has 0 spiro atoms. The molecular weight excluding hydrogens is 342 g/mol. The molecule has 0 radical (unpaired) electrons. The summed E-state index contributed by atoms with van der Waals surface area (Å²) in [5, 5.41) is 2.61. The molecule has 2 saturated heterocycles. The largest absolute Gasteiger partial charge is 0.325 e. The average molecular weight is 360 g/mol. The summed E-state index contributed by atoms with van der Waals surface area (Å²) in [4.78, 5) is 17.6. The zero-order valence-electron chi connectivity index (χ0n) is 13.0. The van der Waals surface area contributed by atoms with Gasteiger partial charge >= 0.3 is 0 Å². The molecule has 1 atom stereocenters. The number of amides is 1. The van der Waals surface area contributed by atoms with E-state index in [1.165, 1.54) is 21.6 Å². The number of nitrogens with one attached hydrogen (secondary N) is 1. The number of hydrogen-bond donors (Lipinski definition) is 1. The van der Waals surface area contributed by atoms with Crippen molar-refractivity contribution in [1.29, 1.82) is 0 Å². The molecule has 0 aliphatic carbocycles. The zero-order chi connectivity index (χ0) is 17.5. The number of pyridine rings is 1. The van der Waals surface area contributed by atoms with Crippen LogP contribution < -0.4 is 5.32 Å². The van der Waals surface area contributed by atoms with Crippen molar-refractivity contribution in [3.8, 4) is 0 Å². The second-order valence-electron chi connectivity index (χ2n) is 6.21. The second kappa shape index (κ2) is 6.01. The fourth-order valence-electron chi connectivity index (χ4n) is 3.03. The van der Waals surface area contributed by atoms with Crippen molar-refractivity contribution in [3.63, 3.8) is 0 Å². The number of sulfonamides is 1. The highest BCUT2D eigenvalue weighted by molar-refractivity contribution is 7.88. The van der Waals surface area contributed by atoms with E-state index < -0.39 is 40.9 Å². The Morgan fingerprint density at radius 2 is 1.96 bits per heavy atom. The Morgan fingerprint density at radius 3 is 2.54 bits per heavy atom. The molecule has 1 aromatic rings. The molecule has 2 fully saturated rings. The summed E-state index contributed by atoms with van der Waals surface area (Å²) in [6, 6.07) is 1.79. The smallest absolute Gasteiger partial charge is 0.262 e. The van der Waals surface area contributed by atoms with E-state index in [1.54, 1.807) is 12.1 Å². The summed E-state index contributed by atoms with van der Waals surface area (Å²) in [6.45, 7) is -0.272. The molecule has 3 heterocycles. The molecule has 10 heteroatoms. The van der Waals surface area contributed by atoms with Gasteiger partial charge in [0.25, 0.3) is 5.92 Å². The quantitative estimate of drug-likeness (QED) is 0.839. The highest BCUT2D eigenvalue weighted by Crippen LogP contribution is 2.36. The first-order valence-electron chi connectivity index (χ1n) is 7.45. The fourth-order valence-corrected chi connectivity index (χ4v) is 3.91. The van der Waals surface area contributed by atoms with Gasteiger partial charge in [0, 0.05) is 43.6 Å². The average Bonchev–Trinajstić information content (AvgIpc) is 2.72. The van der Waals surface area contributed by atoms with Crippen LogP contribution in [0.5, 0.6) is 0 Å². The van der Waals surface area contributed by atoms with Gasteiger partial charge in [0.1, 0.15) is 0 Å². The Labute approximate surface area is 138 Å². The Hall–Kier alpha value is -1.65. The molecule has 0 aromatic carbocycles. The Kier molecular flexibility index (Phi) is 4.30. The number of nitrogens with zero attached hydrogens (tertiary/aromatic N) is 3. The first-order valence-corrected chi connectivity index (χ1v) is 9.30. The molecule has 1 N–H and O–H groups in total. The van der Waals surface area contributed by atoms with Crippen LogP contribution >= 0.6 is 0 Å². The van der Waals surface area contributed by atoms with Gasteiger partial charge in [0.2, 0.25) is 15.9 Å². The van der Waals surface area contributed by atoms with Crippen LogP contribution in [0.4, 0.5) is 14.5 Å². The van der Waals surface area contributed by atoms with Gasteiger partial charge in [-0.25, -0.2) is 17.2 Å². The Morgan fingerprint density at radius 1 is 1.33 bits per heavy atom. The first kappa shape index (κ1) is 17.2. The van der Waals surface area contributed by atoms with Gasteiger partial charge in [-0.15, -0.1) is 0 Å². The van der Waals surface area contributed by atoms with E-state index in [9.17, 15) is 22.0 Å². The molecule has 0 saturated carbocycles. The number of hydrogen-bond acceptors (Lipinski definition) is 5. The Balaban J connectivity index is 1.70. The van der Waals surface area contributed by atoms with Crippen LogP contribution in [0.2, 0.25) is 0 Å². The van der Waals surface area contributed by atoms with Crippen LogP contribution in [0.3, 0.4) is 0 Å². The lowest BCUT2D eigenvalue weighted by Crippen LogP contribution is -2.63. The summed E-state index contributed by atoms with van der Waals surface area (Å²) in [7, 11) is -3.33. The zero-order valence-corrected chi connectivity index (χ0v) is 13.8. The van der Waals surface area contributed by atoms with Gasteiger partial charge in [0.15, 0.2) is 0 Å². The van der Waals surface area contributed by atoms with Gasteiger partial charge in [-0.1, -0.05) is 0 Å². The van der Waals surface area contributed by atoms with Gasteiger partial charge in [0.05, 0.1) is 18.8 Å². The summed E-state index contributed by atoms with van der Waals surface area (Å²) in [5.74, 6) is -3.48. The predicted octanol–water partition coefficient (Wildman–Crippen LogP) is 0.373. The summed E-state index contributed by atoms with van der Waals surface area (Å²) >= 11 is 0. The lowest BCUT2D eigenvalue weighted by molar-refractivity contribution is -0.121.